The minimum absolute atomic E-state index is 0.359. The molecule has 3 aliphatic rings. The summed E-state index contributed by atoms with van der Waals surface area (Å²) >= 11 is 0. The van der Waals surface area contributed by atoms with Gasteiger partial charge in [0.1, 0.15) is 0 Å². The van der Waals surface area contributed by atoms with Crippen LogP contribution in [0.25, 0.3) is 0 Å². The molecule has 0 radical (unpaired) electrons. The van der Waals surface area contributed by atoms with E-state index in [-0.39, 0.29) is 0 Å². The highest BCUT2D eigenvalue weighted by Gasteiger charge is 2.52. The Morgan fingerprint density at radius 1 is 1.62 bits per heavy atom. The molecular formula is C12H20O. The Morgan fingerprint density at radius 2 is 2.38 bits per heavy atom. The summed E-state index contributed by atoms with van der Waals surface area (Å²) < 4.78 is 0. The van der Waals surface area contributed by atoms with Crippen molar-refractivity contribution in [3.05, 3.63) is 11.6 Å². The summed E-state index contributed by atoms with van der Waals surface area (Å²) in [5.41, 5.74) is 2.13. The van der Waals surface area contributed by atoms with E-state index in [2.05, 4.69) is 19.9 Å². The lowest BCUT2D eigenvalue weighted by molar-refractivity contribution is -0.0364. The summed E-state index contributed by atoms with van der Waals surface area (Å²) in [6.45, 7) is 5.05. The smallest absolute Gasteiger partial charge is 0.0431 e. The molecule has 1 fully saturated rings. The third kappa shape index (κ3) is 1.25. The summed E-state index contributed by atoms with van der Waals surface area (Å²) in [6.07, 6.45) is 7.30. The standard InChI is InChI=1S/C12H20O/c1-9-4-5-10-8-11(9)12(10,2)6-3-7-13/h4,10-11,13H,3,5-8H2,1-2H3. The van der Waals surface area contributed by atoms with Crippen molar-refractivity contribution in [1.82, 2.24) is 0 Å². The third-order valence-corrected chi connectivity index (χ3v) is 4.40. The van der Waals surface area contributed by atoms with Crippen LogP contribution >= 0.6 is 0 Å². The van der Waals surface area contributed by atoms with Gasteiger partial charge in [-0.3, -0.25) is 0 Å². The highest BCUT2D eigenvalue weighted by atomic mass is 16.2. The lowest BCUT2D eigenvalue weighted by Gasteiger charge is -2.58. The lowest BCUT2D eigenvalue weighted by Crippen LogP contribution is -2.49. The molecule has 0 aromatic rings. The lowest BCUT2D eigenvalue weighted by atomic mass is 9.47. The van der Waals surface area contributed by atoms with Gasteiger partial charge in [-0.1, -0.05) is 18.6 Å². The molecule has 13 heavy (non-hydrogen) atoms. The Labute approximate surface area is 80.8 Å². The maximum atomic E-state index is 8.86. The topological polar surface area (TPSA) is 20.2 Å². The van der Waals surface area contributed by atoms with Gasteiger partial charge in [0.25, 0.3) is 0 Å². The molecule has 3 aliphatic carbocycles. The van der Waals surface area contributed by atoms with E-state index in [1.807, 2.05) is 0 Å². The summed E-state index contributed by atoms with van der Waals surface area (Å²) in [6, 6.07) is 0. The zero-order chi connectivity index (χ0) is 9.47. The zero-order valence-corrected chi connectivity index (χ0v) is 8.71. The van der Waals surface area contributed by atoms with Gasteiger partial charge in [-0.05, 0) is 49.9 Å². The Bertz CT molecular complexity index is 231. The van der Waals surface area contributed by atoms with Gasteiger partial charge in [0.2, 0.25) is 0 Å². The molecule has 0 saturated heterocycles. The first-order valence-electron chi connectivity index (χ1n) is 5.46. The minimum Gasteiger partial charge on any atom is -0.396 e. The van der Waals surface area contributed by atoms with E-state index < -0.39 is 0 Å². The average Bonchev–Trinajstić information content (AvgIpc) is 2.13. The fourth-order valence-electron chi connectivity index (χ4n) is 3.33. The SMILES string of the molecule is CC1=CCC2CC1C2(C)CCCO. The first-order valence-corrected chi connectivity index (χ1v) is 5.46. The van der Waals surface area contributed by atoms with Crippen molar-refractivity contribution in [2.75, 3.05) is 6.61 Å². The predicted octanol–water partition coefficient (Wildman–Crippen LogP) is 2.75. The molecule has 0 amide bonds. The van der Waals surface area contributed by atoms with Crippen LogP contribution in [-0.4, -0.2) is 11.7 Å². The van der Waals surface area contributed by atoms with Gasteiger partial charge in [0.15, 0.2) is 0 Å². The molecule has 1 saturated carbocycles. The van der Waals surface area contributed by atoms with Gasteiger partial charge in [0.05, 0.1) is 0 Å². The molecule has 3 rings (SSSR count). The van der Waals surface area contributed by atoms with Gasteiger partial charge in [-0.2, -0.15) is 0 Å². The molecule has 0 heterocycles. The van der Waals surface area contributed by atoms with Crippen molar-refractivity contribution in [1.29, 1.82) is 0 Å². The predicted molar refractivity (Wildman–Crippen MR) is 54.4 cm³/mol. The number of aliphatic hydroxyl groups is 1. The number of rotatable bonds is 3. The molecule has 0 aromatic heterocycles. The van der Waals surface area contributed by atoms with E-state index in [0.29, 0.717) is 12.0 Å². The molecule has 3 unspecified atom stereocenters. The van der Waals surface area contributed by atoms with E-state index in [1.165, 1.54) is 19.3 Å². The fourth-order valence-corrected chi connectivity index (χ4v) is 3.33. The van der Waals surface area contributed by atoms with E-state index in [0.717, 1.165) is 18.3 Å². The second kappa shape index (κ2) is 3.13. The van der Waals surface area contributed by atoms with E-state index >= 15 is 0 Å². The van der Waals surface area contributed by atoms with Crippen molar-refractivity contribution >= 4 is 0 Å². The highest BCUT2D eigenvalue weighted by Crippen LogP contribution is 2.61. The highest BCUT2D eigenvalue weighted by molar-refractivity contribution is 5.22. The Kier molecular flexibility index (Phi) is 2.23. The van der Waals surface area contributed by atoms with Crippen molar-refractivity contribution in [2.45, 2.75) is 39.5 Å². The molecule has 3 atom stereocenters. The van der Waals surface area contributed by atoms with Crippen LogP contribution in [0, 0.1) is 17.3 Å². The molecule has 1 nitrogen and oxygen atoms in total. The summed E-state index contributed by atoms with van der Waals surface area (Å²) in [5.74, 6) is 1.74. The number of hydrogen-bond donors (Lipinski definition) is 1. The largest absolute Gasteiger partial charge is 0.396 e. The monoisotopic (exact) mass is 180 g/mol. The van der Waals surface area contributed by atoms with Gasteiger partial charge >= 0.3 is 0 Å². The Hall–Kier alpha value is -0.300. The normalized spacial score (nSPS) is 42.5. The molecule has 2 bridgehead atoms. The van der Waals surface area contributed by atoms with Gasteiger partial charge in [-0.25, -0.2) is 0 Å². The fraction of sp³-hybridized carbons (Fsp3) is 0.833. The van der Waals surface area contributed by atoms with Crippen LogP contribution in [-0.2, 0) is 0 Å². The maximum Gasteiger partial charge on any atom is 0.0431 e. The average molecular weight is 180 g/mol. The van der Waals surface area contributed by atoms with E-state index in [1.54, 1.807) is 5.57 Å². The number of aliphatic hydroxyl groups excluding tert-OH is 1. The van der Waals surface area contributed by atoms with E-state index in [9.17, 15) is 0 Å². The van der Waals surface area contributed by atoms with Crippen molar-refractivity contribution in [3.8, 4) is 0 Å². The third-order valence-electron chi connectivity index (χ3n) is 4.40. The Morgan fingerprint density at radius 3 is 2.92 bits per heavy atom. The Balaban J connectivity index is 2.05. The number of allylic oxidation sites excluding steroid dienone is 2. The van der Waals surface area contributed by atoms with Gasteiger partial charge < -0.3 is 5.11 Å². The van der Waals surface area contributed by atoms with Crippen LogP contribution in [0.2, 0.25) is 0 Å². The second-order valence-corrected chi connectivity index (χ2v) is 5.00. The van der Waals surface area contributed by atoms with Gasteiger partial charge in [-0.15, -0.1) is 0 Å². The summed E-state index contributed by atoms with van der Waals surface area (Å²) in [4.78, 5) is 0. The van der Waals surface area contributed by atoms with Gasteiger partial charge in [0, 0.05) is 6.61 Å². The van der Waals surface area contributed by atoms with Crippen LogP contribution in [0.5, 0.6) is 0 Å². The first kappa shape index (κ1) is 9.26. The molecule has 0 aliphatic heterocycles. The van der Waals surface area contributed by atoms with Crippen LogP contribution in [0.1, 0.15) is 39.5 Å². The number of fused-ring (bicyclic) bond motifs is 1. The van der Waals surface area contributed by atoms with Crippen LogP contribution in [0.15, 0.2) is 11.6 Å². The first-order chi connectivity index (χ1) is 6.18. The number of hydrogen-bond acceptors (Lipinski definition) is 1. The molecule has 74 valence electrons. The van der Waals surface area contributed by atoms with E-state index in [4.69, 9.17) is 5.11 Å². The van der Waals surface area contributed by atoms with Crippen LogP contribution < -0.4 is 0 Å². The van der Waals surface area contributed by atoms with Crippen LogP contribution in [0.3, 0.4) is 0 Å². The maximum absolute atomic E-state index is 8.86. The quantitative estimate of drug-likeness (QED) is 0.662. The minimum atomic E-state index is 0.359. The molecule has 0 aromatic carbocycles. The van der Waals surface area contributed by atoms with Crippen molar-refractivity contribution in [3.63, 3.8) is 0 Å². The van der Waals surface area contributed by atoms with Crippen molar-refractivity contribution in [2.24, 2.45) is 17.3 Å². The molecule has 0 spiro atoms. The molecule has 1 N–H and O–H groups in total. The summed E-state index contributed by atoms with van der Waals surface area (Å²) in [7, 11) is 0. The van der Waals surface area contributed by atoms with Crippen LogP contribution in [0.4, 0.5) is 0 Å². The molecule has 1 heteroatoms. The zero-order valence-electron chi connectivity index (χ0n) is 8.71. The second-order valence-electron chi connectivity index (χ2n) is 5.00. The van der Waals surface area contributed by atoms with Crippen molar-refractivity contribution < 1.29 is 5.11 Å². The summed E-state index contributed by atoms with van der Waals surface area (Å²) in [5, 5.41) is 8.86. The molecular weight excluding hydrogens is 160 g/mol.